The van der Waals surface area contributed by atoms with Gasteiger partial charge in [-0.25, -0.2) is 0 Å². The van der Waals surface area contributed by atoms with Crippen molar-refractivity contribution in [3.05, 3.63) is 0 Å². The predicted octanol–water partition coefficient (Wildman–Crippen LogP) is 2.80. The van der Waals surface area contributed by atoms with E-state index in [1.807, 2.05) is 13.8 Å². The molecule has 104 valence electrons. The van der Waals surface area contributed by atoms with Gasteiger partial charge in [-0.2, -0.15) is 0 Å². The minimum Gasteiger partial charge on any atom is -0.379 e. The van der Waals surface area contributed by atoms with Gasteiger partial charge in [0.25, 0.3) is 0 Å². The van der Waals surface area contributed by atoms with Crippen molar-refractivity contribution in [2.24, 2.45) is 5.92 Å². The maximum atomic E-state index is 5.65. The Balaban J connectivity index is 0.00000121. The van der Waals surface area contributed by atoms with E-state index >= 15 is 0 Å². The van der Waals surface area contributed by atoms with Crippen LogP contribution < -0.4 is 0 Å². The highest BCUT2D eigenvalue weighted by molar-refractivity contribution is 4.69. The summed E-state index contributed by atoms with van der Waals surface area (Å²) in [7, 11) is 0. The molecule has 17 heavy (non-hydrogen) atoms. The first kappa shape index (κ1) is 16.9. The molecule has 1 atom stereocenters. The molecule has 0 spiro atoms. The van der Waals surface area contributed by atoms with E-state index < -0.39 is 0 Å². The number of morpholine rings is 1. The number of rotatable bonds is 6. The number of hydrogen-bond donors (Lipinski definition) is 0. The smallest absolute Gasteiger partial charge is 0.0935 e. The van der Waals surface area contributed by atoms with Gasteiger partial charge in [-0.15, -0.1) is 0 Å². The second-order valence-electron chi connectivity index (χ2n) is 4.64. The van der Waals surface area contributed by atoms with Crippen molar-refractivity contribution < 1.29 is 9.47 Å². The zero-order chi connectivity index (χ0) is 13.1. The summed E-state index contributed by atoms with van der Waals surface area (Å²) < 4.78 is 11.3. The summed E-state index contributed by atoms with van der Waals surface area (Å²) >= 11 is 0. The first-order valence-corrected chi connectivity index (χ1v) is 7.14. The number of ether oxygens (including phenoxy) is 2. The van der Waals surface area contributed by atoms with Gasteiger partial charge in [-0.05, 0) is 18.9 Å². The molecule has 0 radical (unpaired) electrons. The van der Waals surface area contributed by atoms with Crippen molar-refractivity contribution in [1.29, 1.82) is 0 Å². The van der Waals surface area contributed by atoms with E-state index in [9.17, 15) is 0 Å². The van der Waals surface area contributed by atoms with Crippen molar-refractivity contribution in [2.45, 2.75) is 47.1 Å². The van der Waals surface area contributed by atoms with Crippen molar-refractivity contribution in [2.75, 3.05) is 39.5 Å². The third-order valence-electron chi connectivity index (χ3n) is 2.81. The largest absolute Gasteiger partial charge is 0.379 e. The van der Waals surface area contributed by atoms with Crippen LogP contribution in [0.15, 0.2) is 0 Å². The third-order valence-corrected chi connectivity index (χ3v) is 2.81. The molecule has 0 saturated carbocycles. The molecule has 3 heteroatoms. The lowest BCUT2D eigenvalue weighted by atomic mass is 10.1. The summed E-state index contributed by atoms with van der Waals surface area (Å²) in [5.41, 5.74) is 0. The topological polar surface area (TPSA) is 21.7 Å². The van der Waals surface area contributed by atoms with Crippen LogP contribution in [-0.2, 0) is 9.47 Å². The minimum absolute atomic E-state index is 0.283. The molecule has 0 N–H and O–H groups in total. The third kappa shape index (κ3) is 8.58. The molecule has 1 heterocycles. The predicted molar refractivity (Wildman–Crippen MR) is 73.5 cm³/mol. The maximum Gasteiger partial charge on any atom is 0.0935 e. The lowest BCUT2D eigenvalue weighted by molar-refractivity contribution is -0.0688. The Morgan fingerprint density at radius 3 is 2.65 bits per heavy atom. The van der Waals surface area contributed by atoms with Crippen LogP contribution in [0.4, 0.5) is 0 Å². The summed E-state index contributed by atoms with van der Waals surface area (Å²) in [6, 6.07) is 0. The Kier molecular flexibility index (Phi) is 10.9. The van der Waals surface area contributed by atoms with Gasteiger partial charge in [0.1, 0.15) is 0 Å². The number of likely N-dealkylation sites (N-methyl/N-ethyl adjacent to an activating group) is 1. The van der Waals surface area contributed by atoms with Gasteiger partial charge in [0.2, 0.25) is 0 Å². The summed E-state index contributed by atoms with van der Waals surface area (Å²) in [6.07, 6.45) is 1.43. The molecule has 0 aromatic carbocycles. The van der Waals surface area contributed by atoms with Crippen LogP contribution in [0.1, 0.15) is 41.0 Å². The second-order valence-corrected chi connectivity index (χ2v) is 4.64. The molecule has 0 aromatic heterocycles. The lowest BCUT2D eigenvalue weighted by Gasteiger charge is -2.31. The van der Waals surface area contributed by atoms with E-state index in [0.717, 1.165) is 51.8 Å². The summed E-state index contributed by atoms with van der Waals surface area (Å²) in [5.74, 6) is 0.726. The fourth-order valence-corrected chi connectivity index (χ4v) is 1.70. The van der Waals surface area contributed by atoms with Gasteiger partial charge in [0.15, 0.2) is 0 Å². The number of hydrogen-bond acceptors (Lipinski definition) is 3. The Labute approximate surface area is 107 Å². The Hall–Kier alpha value is -0.120. The highest BCUT2D eigenvalue weighted by Gasteiger charge is 2.18. The molecule has 0 aromatic rings. The van der Waals surface area contributed by atoms with Gasteiger partial charge < -0.3 is 9.47 Å². The normalized spacial score (nSPS) is 21.2. The molecule has 1 aliphatic heterocycles. The van der Waals surface area contributed by atoms with Gasteiger partial charge in [-0.3, -0.25) is 4.90 Å². The van der Waals surface area contributed by atoms with Crippen LogP contribution >= 0.6 is 0 Å². The van der Waals surface area contributed by atoms with Crippen LogP contribution in [0.25, 0.3) is 0 Å². The van der Waals surface area contributed by atoms with Gasteiger partial charge in [-0.1, -0.05) is 34.6 Å². The van der Waals surface area contributed by atoms with E-state index in [2.05, 4.69) is 25.7 Å². The van der Waals surface area contributed by atoms with Crippen molar-refractivity contribution >= 4 is 0 Å². The molecule has 1 fully saturated rings. The Bertz CT molecular complexity index is 162. The maximum absolute atomic E-state index is 5.65. The van der Waals surface area contributed by atoms with Crippen LogP contribution in [0.2, 0.25) is 0 Å². The molecular weight excluding hydrogens is 214 g/mol. The first-order chi connectivity index (χ1) is 8.22. The molecule has 1 saturated heterocycles. The first-order valence-electron chi connectivity index (χ1n) is 7.14. The Morgan fingerprint density at radius 1 is 1.35 bits per heavy atom. The monoisotopic (exact) mass is 245 g/mol. The molecule has 1 aliphatic rings. The second kappa shape index (κ2) is 11.0. The van der Waals surface area contributed by atoms with E-state index in [-0.39, 0.29) is 6.10 Å². The van der Waals surface area contributed by atoms with Gasteiger partial charge in [0.05, 0.1) is 19.3 Å². The van der Waals surface area contributed by atoms with Crippen LogP contribution in [0.5, 0.6) is 0 Å². The van der Waals surface area contributed by atoms with E-state index in [4.69, 9.17) is 9.47 Å². The van der Waals surface area contributed by atoms with E-state index in [1.54, 1.807) is 0 Å². The van der Waals surface area contributed by atoms with E-state index in [0.29, 0.717) is 0 Å². The van der Waals surface area contributed by atoms with Crippen LogP contribution in [0, 0.1) is 5.92 Å². The van der Waals surface area contributed by atoms with Crippen LogP contribution in [0.3, 0.4) is 0 Å². The average molecular weight is 245 g/mol. The minimum atomic E-state index is 0.283. The molecular formula is C14H31NO2. The summed E-state index contributed by atoms with van der Waals surface area (Å²) in [6.45, 7) is 16.3. The standard InChI is InChI=1S/C12H25NO2.C2H6/c1-4-13-6-8-15-12(9-13)10-14-7-5-11(2)3;1-2/h11-12H,4-10H2,1-3H3;1-2H3/t12-;/m0./s1. The van der Waals surface area contributed by atoms with Crippen LogP contribution in [-0.4, -0.2) is 50.5 Å². The van der Waals surface area contributed by atoms with Gasteiger partial charge >= 0.3 is 0 Å². The average Bonchev–Trinajstić information content (AvgIpc) is 2.37. The van der Waals surface area contributed by atoms with Crippen molar-refractivity contribution in [3.63, 3.8) is 0 Å². The summed E-state index contributed by atoms with van der Waals surface area (Å²) in [4.78, 5) is 2.42. The molecule has 3 nitrogen and oxygen atoms in total. The molecule has 0 unspecified atom stereocenters. The Morgan fingerprint density at radius 2 is 2.06 bits per heavy atom. The molecule has 0 amide bonds. The number of nitrogens with zero attached hydrogens (tertiary/aromatic N) is 1. The fraction of sp³-hybridized carbons (Fsp3) is 1.00. The lowest BCUT2D eigenvalue weighted by Crippen LogP contribution is -2.44. The fourth-order valence-electron chi connectivity index (χ4n) is 1.70. The van der Waals surface area contributed by atoms with E-state index in [1.165, 1.54) is 0 Å². The quantitative estimate of drug-likeness (QED) is 0.672. The SMILES string of the molecule is CC.CCN1CCO[C@H](COCCC(C)C)C1. The summed E-state index contributed by atoms with van der Waals surface area (Å²) in [5, 5.41) is 0. The zero-order valence-corrected chi connectivity index (χ0v) is 12.4. The van der Waals surface area contributed by atoms with Gasteiger partial charge in [0, 0.05) is 19.7 Å². The molecule has 1 rings (SSSR count). The zero-order valence-electron chi connectivity index (χ0n) is 12.4. The van der Waals surface area contributed by atoms with Crippen molar-refractivity contribution in [3.8, 4) is 0 Å². The molecule has 0 bridgehead atoms. The van der Waals surface area contributed by atoms with Crippen molar-refractivity contribution in [1.82, 2.24) is 4.90 Å². The highest BCUT2D eigenvalue weighted by Crippen LogP contribution is 2.06. The highest BCUT2D eigenvalue weighted by atomic mass is 16.5. The molecule has 0 aliphatic carbocycles.